The molecule has 1 saturated heterocycles. The summed E-state index contributed by atoms with van der Waals surface area (Å²) in [5, 5.41) is 12.1. The molecule has 1 aliphatic heterocycles. The number of morpholine rings is 1. The van der Waals surface area contributed by atoms with Crippen LogP contribution in [0.5, 0.6) is 0 Å². The molecule has 0 amide bonds. The molecule has 0 radical (unpaired) electrons. The average molecular weight is 246 g/mol. The quantitative estimate of drug-likeness (QED) is 0.775. The van der Waals surface area contributed by atoms with Gasteiger partial charge in [-0.15, -0.1) is 0 Å². The van der Waals surface area contributed by atoms with E-state index in [2.05, 4.69) is 17.3 Å². The van der Waals surface area contributed by atoms with Crippen LogP contribution in [0.15, 0.2) is 18.2 Å². The molecule has 0 aromatic heterocycles. The topological polar surface area (TPSA) is 74.3 Å². The predicted octanol–water partition coefficient (Wildman–Crippen LogP) is 0.883. The zero-order valence-corrected chi connectivity index (χ0v) is 10.5. The van der Waals surface area contributed by atoms with E-state index in [9.17, 15) is 0 Å². The number of anilines is 2. The van der Waals surface area contributed by atoms with E-state index in [1.165, 1.54) is 0 Å². The first kappa shape index (κ1) is 12.7. The van der Waals surface area contributed by atoms with Crippen LogP contribution in [0, 0.1) is 11.3 Å². The van der Waals surface area contributed by atoms with Crippen LogP contribution in [0.4, 0.5) is 11.4 Å². The average Bonchev–Trinajstić information content (AvgIpc) is 2.37. The minimum Gasteiger partial charge on any atom is -0.398 e. The molecule has 1 aromatic carbocycles. The van der Waals surface area contributed by atoms with Gasteiger partial charge in [0.1, 0.15) is 6.07 Å². The lowest BCUT2D eigenvalue weighted by Gasteiger charge is -2.30. The Hall–Kier alpha value is -1.77. The van der Waals surface area contributed by atoms with Gasteiger partial charge in [0.25, 0.3) is 0 Å². The third-order valence-electron chi connectivity index (χ3n) is 3.05. The number of likely N-dealkylation sites (N-methyl/N-ethyl adjacent to an activating group) is 1. The highest BCUT2D eigenvalue weighted by Gasteiger charge is 2.17. The van der Waals surface area contributed by atoms with Gasteiger partial charge in [-0.25, -0.2) is 0 Å². The summed E-state index contributed by atoms with van der Waals surface area (Å²) in [4.78, 5) is 2.25. The molecule has 96 valence electrons. The van der Waals surface area contributed by atoms with E-state index in [1.54, 1.807) is 12.1 Å². The number of nitrogens with two attached hydrogens (primary N) is 1. The minimum atomic E-state index is 0.195. The van der Waals surface area contributed by atoms with Crippen molar-refractivity contribution in [3.63, 3.8) is 0 Å². The van der Waals surface area contributed by atoms with Crippen LogP contribution in [-0.2, 0) is 4.74 Å². The number of rotatable bonds is 3. The summed E-state index contributed by atoms with van der Waals surface area (Å²) in [5.74, 6) is 0. The Labute approximate surface area is 107 Å². The highest BCUT2D eigenvalue weighted by Crippen LogP contribution is 2.17. The van der Waals surface area contributed by atoms with Crippen LogP contribution in [0.1, 0.15) is 5.56 Å². The Balaban J connectivity index is 1.90. The van der Waals surface area contributed by atoms with Gasteiger partial charge in [0, 0.05) is 25.3 Å². The molecule has 0 aliphatic carbocycles. The second-order valence-electron chi connectivity index (χ2n) is 4.55. The van der Waals surface area contributed by atoms with Gasteiger partial charge in [0.05, 0.1) is 24.0 Å². The normalized spacial score (nSPS) is 20.3. The first-order chi connectivity index (χ1) is 8.69. The summed E-state index contributed by atoms with van der Waals surface area (Å²) in [6.45, 7) is 3.44. The molecule has 3 N–H and O–H groups in total. The van der Waals surface area contributed by atoms with Crippen LogP contribution in [0.25, 0.3) is 0 Å². The fraction of sp³-hybridized carbons (Fsp3) is 0.462. The van der Waals surface area contributed by atoms with Gasteiger partial charge in [-0.2, -0.15) is 5.26 Å². The van der Waals surface area contributed by atoms with Crippen LogP contribution in [-0.4, -0.2) is 44.3 Å². The Morgan fingerprint density at radius 2 is 2.44 bits per heavy atom. The summed E-state index contributed by atoms with van der Waals surface area (Å²) in [6.07, 6.45) is 0.195. The summed E-state index contributed by atoms with van der Waals surface area (Å²) < 4.78 is 5.66. The molecule has 1 fully saturated rings. The van der Waals surface area contributed by atoms with E-state index in [0.717, 1.165) is 31.9 Å². The SMILES string of the molecule is CN1CCOC(CNc2ccc(C#N)c(N)c2)C1. The lowest BCUT2D eigenvalue weighted by atomic mass is 10.1. The number of nitriles is 1. The smallest absolute Gasteiger partial charge is 0.101 e. The molecule has 2 rings (SSSR count). The van der Waals surface area contributed by atoms with Gasteiger partial charge in [-0.1, -0.05) is 0 Å². The van der Waals surface area contributed by atoms with E-state index in [0.29, 0.717) is 11.3 Å². The van der Waals surface area contributed by atoms with Crippen LogP contribution >= 0.6 is 0 Å². The van der Waals surface area contributed by atoms with Crippen molar-refractivity contribution in [1.29, 1.82) is 5.26 Å². The summed E-state index contributed by atoms with van der Waals surface area (Å²) in [5.41, 5.74) is 7.69. The number of hydrogen-bond acceptors (Lipinski definition) is 5. The highest BCUT2D eigenvalue weighted by molar-refractivity contribution is 5.62. The minimum absolute atomic E-state index is 0.195. The first-order valence-corrected chi connectivity index (χ1v) is 6.02. The highest BCUT2D eigenvalue weighted by atomic mass is 16.5. The molecule has 0 saturated carbocycles. The third kappa shape index (κ3) is 3.13. The fourth-order valence-corrected chi connectivity index (χ4v) is 2.00. The predicted molar refractivity (Wildman–Crippen MR) is 71.3 cm³/mol. The van der Waals surface area contributed by atoms with Crippen molar-refractivity contribution in [3.8, 4) is 6.07 Å². The molecule has 0 spiro atoms. The van der Waals surface area contributed by atoms with Crippen molar-refractivity contribution in [2.75, 3.05) is 44.3 Å². The van der Waals surface area contributed by atoms with Crippen molar-refractivity contribution >= 4 is 11.4 Å². The number of benzene rings is 1. The second kappa shape index (κ2) is 5.71. The lowest BCUT2D eigenvalue weighted by Crippen LogP contribution is -2.43. The monoisotopic (exact) mass is 246 g/mol. The van der Waals surface area contributed by atoms with Gasteiger partial charge in [0.2, 0.25) is 0 Å². The molecule has 1 aromatic rings. The molecule has 0 bridgehead atoms. The third-order valence-corrected chi connectivity index (χ3v) is 3.05. The molecule has 1 heterocycles. The molecular weight excluding hydrogens is 228 g/mol. The summed E-state index contributed by atoms with van der Waals surface area (Å²) >= 11 is 0. The van der Waals surface area contributed by atoms with Crippen molar-refractivity contribution in [3.05, 3.63) is 23.8 Å². The summed E-state index contributed by atoms with van der Waals surface area (Å²) in [7, 11) is 2.09. The zero-order valence-electron chi connectivity index (χ0n) is 10.5. The van der Waals surface area contributed by atoms with E-state index in [-0.39, 0.29) is 6.10 Å². The fourth-order valence-electron chi connectivity index (χ4n) is 2.00. The molecular formula is C13H18N4O. The number of nitrogen functional groups attached to an aromatic ring is 1. The van der Waals surface area contributed by atoms with Crippen molar-refractivity contribution in [2.24, 2.45) is 0 Å². The van der Waals surface area contributed by atoms with Crippen molar-refractivity contribution in [2.45, 2.75) is 6.10 Å². The van der Waals surface area contributed by atoms with Gasteiger partial charge in [-0.3, -0.25) is 0 Å². The second-order valence-corrected chi connectivity index (χ2v) is 4.55. The maximum Gasteiger partial charge on any atom is 0.101 e. The molecule has 1 unspecified atom stereocenters. The number of ether oxygens (including phenoxy) is 1. The first-order valence-electron chi connectivity index (χ1n) is 6.02. The standard InChI is InChI=1S/C13H18N4O/c1-17-4-5-18-12(9-17)8-16-11-3-2-10(7-14)13(15)6-11/h2-3,6,12,16H,4-5,8-9,15H2,1H3. The number of nitrogens with zero attached hydrogens (tertiary/aromatic N) is 2. The Kier molecular flexibility index (Phi) is 4.03. The van der Waals surface area contributed by atoms with Crippen molar-refractivity contribution in [1.82, 2.24) is 4.90 Å². The Bertz CT molecular complexity index is 455. The maximum absolute atomic E-state index is 8.80. The van der Waals surface area contributed by atoms with E-state index in [4.69, 9.17) is 15.7 Å². The van der Waals surface area contributed by atoms with E-state index in [1.807, 2.05) is 12.1 Å². The van der Waals surface area contributed by atoms with Crippen molar-refractivity contribution < 1.29 is 4.74 Å². The van der Waals surface area contributed by atoms with E-state index >= 15 is 0 Å². The largest absolute Gasteiger partial charge is 0.398 e. The Morgan fingerprint density at radius 1 is 1.61 bits per heavy atom. The number of hydrogen-bond donors (Lipinski definition) is 2. The Morgan fingerprint density at radius 3 is 3.11 bits per heavy atom. The van der Waals surface area contributed by atoms with Gasteiger partial charge >= 0.3 is 0 Å². The lowest BCUT2D eigenvalue weighted by molar-refractivity contribution is -0.0117. The van der Waals surface area contributed by atoms with Crippen LogP contribution < -0.4 is 11.1 Å². The van der Waals surface area contributed by atoms with E-state index < -0.39 is 0 Å². The van der Waals surface area contributed by atoms with Crippen LogP contribution in [0.2, 0.25) is 0 Å². The van der Waals surface area contributed by atoms with Gasteiger partial charge in [-0.05, 0) is 25.2 Å². The maximum atomic E-state index is 8.80. The zero-order chi connectivity index (χ0) is 13.0. The molecule has 18 heavy (non-hydrogen) atoms. The molecule has 5 nitrogen and oxygen atoms in total. The molecule has 1 atom stereocenters. The number of nitrogens with one attached hydrogen (secondary N) is 1. The molecule has 1 aliphatic rings. The molecule has 5 heteroatoms. The van der Waals surface area contributed by atoms with Gasteiger partial charge < -0.3 is 20.7 Å². The van der Waals surface area contributed by atoms with Gasteiger partial charge in [0.15, 0.2) is 0 Å². The summed E-state index contributed by atoms with van der Waals surface area (Å²) in [6, 6.07) is 7.42. The van der Waals surface area contributed by atoms with Crippen LogP contribution in [0.3, 0.4) is 0 Å².